The fraction of sp³-hybridized carbons (Fsp3) is 0.464. The Morgan fingerprint density at radius 3 is 2.26 bits per heavy atom. The average molecular weight is 495 g/mol. The lowest BCUT2D eigenvalue weighted by Gasteiger charge is -2.38. The highest BCUT2D eigenvalue weighted by molar-refractivity contribution is 7.97. The summed E-state index contributed by atoms with van der Waals surface area (Å²) in [5, 5.41) is 4.87. The summed E-state index contributed by atoms with van der Waals surface area (Å²) in [4.78, 5) is 13.9. The first-order chi connectivity index (χ1) is 16.2. The molecule has 2 aromatic rings. The molecule has 0 aromatic heterocycles. The van der Waals surface area contributed by atoms with Crippen LogP contribution in [-0.2, 0) is 9.36 Å². The molecule has 1 saturated heterocycles. The van der Waals surface area contributed by atoms with Crippen LogP contribution in [0.4, 0.5) is 0 Å². The lowest BCUT2D eigenvalue weighted by atomic mass is 9.69. The Kier molecular flexibility index (Phi) is 6.11. The third-order valence-corrected chi connectivity index (χ3v) is 13.2. The van der Waals surface area contributed by atoms with Gasteiger partial charge in [-0.15, -0.1) is 6.58 Å². The van der Waals surface area contributed by atoms with E-state index in [1.165, 1.54) is 12.8 Å². The van der Waals surface area contributed by atoms with E-state index >= 15 is 0 Å². The van der Waals surface area contributed by atoms with Gasteiger partial charge in [0.15, 0.2) is 0 Å². The van der Waals surface area contributed by atoms with Gasteiger partial charge in [0.1, 0.15) is 0 Å². The van der Waals surface area contributed by atoms with E-state index in [0.717, 1.165) is 22.8 Å². The van der Waals surface area contributed by atoms with Crippen LogP contribution in [-0.4, -0.2) is 28.0 Å². The molecule has 34 heavy (non-hydrogen) atoms. The Bertz CT molecular complexity index is 1080. The van der Waals surface area contributed by atoms with Gasteiger partial charge in [-0.1, -0.05) is 63.2 Å². The normalized spacial score (nSPS) is 29.0. The van der Waals surface area contributed by atoms with Crippen LogP contribution in [0, 0.1) is 22.7 Å². The minimum absolute atomic E-state index is 0.125. The molecule has 1 heterocycles. The third kappa shape index (κ3) is 3.46. The van der Waals surface area contributed by atoms with E-state index in [4.69, 9.17) is 0 Å². The fourth-order valence-corrected chi connectivity index (χ4v) is 11.1. The first kappa shape index (κ1) is 23.9. The van der Waals surface area contributed by atoms with E-state index in [1.54, 1.807) is 18.0 Å². The monoisotopic (exact) mass is 494 g/mol. The third-order valence-electron chi connectivity index (χ3n) is 9.10. The molecule has 4 nitrogen and oxygen atoms in total. The van der Waals surface area contributed by atoms with Crippen LogP contribution in [0.3, 0.4) is 0 Å². The quantitative estimate of drug-likeness (QED) is 0.319. The molecule has 2 aromatic carbocycles. The summed E-state index contributed by atoms with van der Waals surface area (Å²) in [5.74, 6) is 1.48. The van der Waals surface area contributed by atoms with Gasteiger partial charge in [-0.25, -0.2) is 0 Å². The Morgan fingerprint density at radius 2 is 1.74 bits per heavy atom. The summed E-state index contributed by atoms with van der Waals surface area (Å²) in [6.07, 6.45) is 5.37. The van der Waals surface area contributed by atoms with E-state index in [1.807, 2.05) is 67.6 Å². The van der Waals surface area contributed by atoms with Gasteiger partial charge in [0.05, 0.1) is 12.0 Å². The highest BCUT2D eigenvalue weighted by Gasteiger charge is 2.68. The number of hydrogen-bond donors (Lipinski definition) is 1. The first-order valence-electron chi connectivity index (χ1n) is 12.3. The van der Waals surface area contributed by atoms with Crippen LogP contribution in [0.2, 0.25) is 0 Å². The summed E-state index contributed by atoms with van der Waals surface area (Å²) in [7, 11) is -3.18. The van der Waals surface area contributed by atoms with E-state index < -0.39 is 13.3 Å². The number of hydrogen-bond acceptors (Lipinski definition) is 3. The van der Waals surface area contributed by atoms with Crippen LogP contribution >= 0.6 is 19.2 Å². The van der Waals surface area contributed by atoms with Crippen molar-refractivity contribution >= 4 is 35.8 Å². The van der Waals surface area contributed by atoms with Crippen molar-refractivity contribution in [2.75, 3.05) is 5.75 Å². The van der Waals surface area contributed by atoms with Crippen molar-refractivity contribution in [1.29, 1.82) is 0 Å². The topological polar surface area (TPSA) is 49.4 Å². The standard InChI is InChI=1S/C28H35N2O2PS/c1-5-24(29-33(32,22-12-8-6-9-13-22)23-14-10-7-11-15-23)20(2)26(31)30-25-18-21-16-17-28(25,19-34-30)27(21,3)4/h5-15,20-21,24-25H,1,16-19H2,2-4H3,(H,29,32)/t20-,21+,24-,25+,28+/m1/s1. The van der Waals surface area contributed by atoms with Crippen molar-refractivity contribution in [1.82, 2.24) is 9.39 Å². The summed E-state index contributed by atoms with van der Waals surface area (Å²) < 4.78 is 16.6. The summed E-state index contributed by atoms with van der Waals surface area (Å²) in [6, 6.07) is 18.9. The molecule has 2 aliphatic carbocycles. The smallest absolute Gasteiger partial charge is 0.237 e. The van der Waals surface area contributed by atoms with E-state index in [2.05, 4.69) is 29.8 Å². The highest BCUT2D eigenvalue weighted by Crippen LogP contribution is 2.71. The molecule has 2 bridgehead atoms. The molecule has 2 saturated carbocycles. The van der Waals surface area contributed by atoms with Crippen LogP contribution < -0.4 is 15.7 Å². The van der Waals surface area contributed by atoms with Gasteiger partial charge in [-0.2, -0.15) is 0 Å². The number of rotatable bonds is 7. The number of nitrogens with zero attached hydrogens (tertiary/aromatic N) is 1. The van der Waals surface area contributed by atoms with E-state index in [9.17, 15) is 9.36 Å². The number of fused-ring (bicyclic) bond motifs is 1. The molecule has 3 fully saturated rings. The zero-order chi connectivity index (χ0) is 24.1. The fourth-order valence-electron chi connectivity index (χ4n) is 6.70. The first-order valence-corrected chi connectivity index (χ1v) is 15.0. The Balaban J connectivity index is 1.41. The van der Waals surface area contributed by atoms with Crippen molar-refractivity contribution < 1.29 is 9.36 Å². The second kappa shape index (κ2) is 8.69. The van der Waals surface area contributed by atoms with Crippen LogP contribution in [0.5, 0.6) is 0 Å². The van der Waals surface area contributed by atoms with Crippen molar-refractivity contribution in [3.05, 3.63) is 73.3 Å². The number of carbonyl (C=O) groups excluding carboxylic acids is 1. The number of benzene rings is 2. The molecule has 0 unspecified atom stereocenters. The van der Waals surface area contributed by atoms with Crippen molar-refractivity contribution in [3.63, 3.8) is 0 Å². The molecule has 3 aliphatic rings. The minimum atomic E-state index is -3.18. The minimum Gasteiger partial charge on any atom is -0.297 e. The van der Waals surface area contributed by atoms with Crippen LogP contribution in [0.25, 0.3) is 0 Å². The maximum Gasteiger partial charge on any atom is 0.237 e. The molecule has 180 valence electrons. The average Bonchev–Trinajstić information content (AvgIpc) is 3.45. The van der Waals surface area contributed by atoms with Gasteiger partial charge in [0.25, 0.3) is 0 Å². The highest BCUT2D eigenvalue weighted by atomic mass is 32.2. The Labute approximate surface area is 208 Å². The molecule has 1 amide bonds. The van der Waals surface area contributed by atoms with Gasteiger partial charge in [-0.05, 0) is 66.8 Å². The molecule has 1 aliphatic heterocycles. The van der Waals surface area contributed by atoms with Crippen LogP contribution in [0.15, 0.2) is 73.3 Å². The SMILES string of the molecule is C=C[C@@H](NP(=O)(c1ccccc1)c1ccccc1)[C@@H](C)C(=O)N1SC[C@@]23CC[C@@H](C[C@H]12)C3(C)C. The summed E-state index contributed by atoms with van der Waals surface area (Å²) >= 11 is 1.71. The second-order valence-electron chi connectivity index (χ2n) is 10.8. The largest absolute Gasteiger partial charge is 0.297 e. The molecule has 0 radical (unpaired) electrons. The van der Waals surface area contributed by atoms with Crippen molar-refractivity contribution in [2.24, 2.45) is 22.7 Å². The molecule has 6 heteroatoms. The number of amides is 1. The number of nitrogens with one attached hydrogen (secondary N) is 1. The number of carbonyl (C=O) groups is 1. The van der Waals surface area contributed by atoms with Gasteiger partial charge >= 0.3 is 0 Å². The molecule has 1 spiro atoms. The summed E-state index contributed by atoms with van der Waals surface area (Å²) in [5.41, 5.74) is 0.521. The predicted molar refractivity (Wildman–Crippen MR) is 143 cm³/mol. The summed E-state index contributed by atoms with van der Waals surface area (Å²) in [6.45, 7) is 10.8. The Morgan fingerprint density at radius 1 is 1.15 bits per heavy atom. The van der Waals surface area contributed by atoms with E-state index in [-0.39, 0.29) is 22.7 Å². The van der Waals surface area contributed by atoms with Gasteiger partial charge in [-0.3, -0.25) is 18.8 Å². The zero-order valence-corrected chi connectivity index (χ0v) is 22.0. The molecule has 5 rings (SSSR count). The predicted octanol–water partition coefficient (Wildman–Crippen LogP) is 5.38. The Hall–Kier alpha value is -1.81. The lowest BCUT2D eigenvalue weighted by Crippen LogP contribution is -2.48. The maximum atomic E-state index is 14.5. The molecular weight excluding hydrogens is 459 g/mol. The van der Waals surface area contributed by atoms with Crippen molar-refractivity contribution in [3.8, 4) is 0 Å². The van der Waals surface area contributed by atoms with Gasteiger partial charge in [0.2, 0.25) is 13.2 Å². The maximum absolute atomic E-state index is 14.5. The molecule has 5 atom stereocenters. The van der Waals surface area contributed by atoms with Crippen LogP contribution in [0.1, 0.15) is 40.0 Å². The van der Waals surface area contributed by atoms with E-state index in [0.29, 0.717) is 12.0 Å². The lowest BCUT2D eigenvalue weighted by molar-refractivity contribution is -0.132. The van der Waals surface area contributed by atoms with Crippen molar-refractivity contribution in [2.45, 2.75) is 52.1 Å². The zero-order valence-electron chi connectivity index (χ0n) is 20.3. The van der Waals surface area contributed by atoms with Gasteiger partial charge < -0.3 is 0 Å². The second-order valence-corrected chi connectivity index (χ2v) is 14.2. The molecule has 1 N–H and O–H groups in total. The molecular formula is C28H35N2O2PS. The van der Waals surface area contributed by atoms with Gasteiger partial charge in [0, 0.05) is 27.8 Å².